The van der Waals surface area contributed by atoms with Gasteiger partial charge < -0.3 is 29.6 Å². The first-order valence-electron chi connectivity index (χ1n) is 8.19. The van der Waals surface area contributed by atoms with Gasteiger partial charge in [-0.1, -0.05) is 0 Å². The minimum Gasteiger partial charge on any atom is -0.493 e. The molecular weight excluding hydrogens is 338 g/mol. The Bertz CT molecular complexity index is 613. The van der Waals surface area contributed by atoms with Crippen molar-refractivity contribution in [2.45, 2.75) is 32.9 Å². The lowest BCUT2D eigenvalue weighted by Gasteiger charge is -2.20. The molecule has 0 aliphatic carbocycles. The minimum atomic E-state index is -0.522. The van der Waals surface area contributed by atoms with Crippen LogP contribution in [0.4, 0.5) is 0 Å². The van der Waals surface area contributed by atoms with Crippen LogP contribution < -0.4 is 24.8 Å². The third-order valence-corrected chi connectivity index (χ3v) is 3.23. The first-order valence-corrected chi connectivity index (χ1v) is 8.19. The number of nitrogens with one attached hydrogen (secondary N) is 2. The third kappa shape index (κ3) is 6.70. The van der Waals surface area contributed by atoms with Gasteiger partial charge in [0.25, 0.3) is 0 Å². The molecule has 8 nitrogen and oxygen atoms in total. The number of methoxy groups -OCH3 is 3. The number of nitrogens with zero attached hydrogens (tertiary/aromatic N) is 1. The molecule has 1 rings (SSSR count). The largest absolute Gasteiger partial charge is 0.493 e. The second kappa shape index (κ2) is 9.74. The fourth-order valence-corrected chi connectivity index (χ4v) is 2.18. The van der Waals surface area contributed by atoms with Gasteiger partial charge in [0.1, 0.15) is 12.1 Å². The lowest BCUT2D eigenvalue weighted by atomic mass is 10.2. The van der Waals surface area contributed by atoms with Crippen molar-refractivity contribution in [3.63, 3.8) is 0 Å². The standard InChI is InChI=1S/C18H29N3O5/c1-18(2,3)26-15(22)11-21-17(19-4)20-10-12-8-13(23-5)16(25-7)14(9-12)24-6/h8-9H,10-11H2,1-7H3,(H2,19,20,21). The van der Waals surface area contributed by atoms with Crippen LogP contribution in [-0.2, 0) is 16.1 Å². The highest BCUT2D eigenvalue weighted by atomic mass is 16.6. The summed E-state index contributed by atoms with van der Waals surface area (Å²) in [7, 11) is 6.31. The Kier molecular flexibility index (Phi) is 8.02. The van der Waals surface area contributed by atoms with Gasteiger partial charge in [-0.3, -0.25) is 9.79 Å². The lowest BCUT2D eigenvalue weighted by Crippen LogP contribution is -2.41. The van der Waals surface area contributed by atoms with E-state index in [1.165, 1.54) is 0 Å². The van der Waals surface area contributed by atoms with Gasteiger partial charge in [0.15, 0.2) is 17.5 Å². The molecule has 0 radical (unpaired) electrons. The molecule has 0 spiro atoms. The molecule has 0 saturated heterocycles. The molecule has 0 aliphatic rings. The first-order chi connectivity index (χ1) is 12.2. The highest BCUT2D eigenvalue weighted by Gasteiger charge is 2.16. The maximum Gasteiger partial charge on any atom is 0.325 e. The number of carbonyl (C=O) groups excluding carboxylic acids is 1. The quantitative estimate of drug-likeness (QED) is 0.431. The number of carbonyl (C=O) groups is 1. The molecule has 0 fully saturated rings. The third-order valence-electron chi connectivity index (χ3n) is 3.23. The van der Waals surface area contributed by atoms with Crippen molar-refractivity contribution < 1.29 is 23.7 Å². The zero-order valence-corrected chi connectivity index (χ0v) is 16.6. The molecule has 0 atom stereocenters. The summed E-state index contributed by atoms with van der Waals surface area (Å²) in [6.45, 7) is 5.93. The molecule has 0 bridgehead atoms. The number of guanidine groups is 1. The van der Waals surface area contributed by atoms with Gasteiger partial charge in [-0.05, 0) is 38.5 Å². The molecule has 1 aromatic carbocycles. The van der Waals surface area contributed by atoms with Crippen LogP contribution in [0.3, 0.4) is 0 Å². The average molecular weight is 367 g/mol. The van der Waals surface area contributed by atoms with Crippen LogP contribution in [0.2, 0.25) is 0 Å². The molecule has 0 amide bonds. The Morgan fingerprint density at radius 1 is 1.04 bits per heavy atom. The second-order valence-electron chi connectivity index (χ2n) is 6.40. The summed E-state index contributed by atoms with van der Waals surface area (Å²) in [6, 6.07) is 3.69. The fraction of sp³-hybridized carbons (Fsp3) is 0.556. The van der Waals surface area contributed by atoms with Crippen LogP contribution in [0.15, 0.2) is 17.1 Å². The monoisotopic (exact) mass is 367 g/mol. The van der Waals surface area contributed by atoms with Gasteiger partial charge in [0.05, 0.1) is 21.3 Å². The first kappa shape index (κ1) is 21.4. The fourth-order valence-electron chi connectivity index (χ4n) is 2.18. The summed E-state index contributed by atoms with van der Waals surface area (Å²) < 4.78 is 21.2. The number of aliphatic imine (C=N–C) groups is 1. The van der Waals surface area contributed by atoms with Gasteiger partial charge >= 0.3 is 5.97 Å². The Hall–Kier alpha value is -2.64. The van der Waals surface area contributed by atoms with Crippen molar-refractivity contribution in [2.75, 3.05) is 34.9 Å². The van der Waals surface area contributed by atoms with E-state index in [1.807, 2.05) is 32.9 Å². The Morgan fingerprint density at radius 2 is 1.62 bits per heavy atom. The molecule has 8 heteroatoms. The summed E-state index contributed by atoms with van der Waals surface area (Å²) >= 11 is 0. The molecule has 26 heavy (non-hydrogen) atoms. The van der Waals surface area contributed by atoms with Gasteiger partial charge in [-0.15, -0.1) is 0 Å². The molecule has 2 N–H and O–H groups in total. The van der Waals surface area contributed by atoms with Crippen LogP contribution in [0.5, 0.6) is 17.2 Å². The number of benzene rings is 1. The smallest absolute Gasteiger partial charge is 0.325 e. The molecule has 1 aromatic rings. The van der Waals surface area contributed by atoms with Crippen molar-refractivity contribution in [3.8, 4) is 17.2 Å². The second-order valence-corrected chi connectivity index (χ2v) is 6.40. The summed E-state index contributed by atoms with van der Waals surface area (Å²) in [5.74, 6) is 1.80. The van der Waals surface area contributed by atoms with E-state index in [9.17, 15) is 4.79 Å². The zero-order chi connectivity index (χ0) is 19.7. The maximum atomic E-state index is 11.8. The van der Waals surface area contributed by atoms with E-state index in [0.717, 1.165) is 5.56 Å². The summed E-state index contributed by atoms with van der Waals surface area (Å²) in [5.41, 5.74) is 0.381. The maximum absolute atomic E-state index is 11.8. The number of hydrogen-bond donors (Lipinski definition) is 2. The van der Waals surface area contributed by atoms with Gasteiger partial charge in [-0.25, -0.2) is 0 Å². The predicted molar refractivity (Wildman–Crippen MR) is 100 cm³/mol. The predicted octanol–water partition coefficient (Wildman–Crippen LogP) is 1.72. The van der Waals surface area contributed by atoms with E-state index >= 15 is 0 Å². The van der Waals surface area contributed by atoms with E-state index in [4.69, 9.17) is 18.9 Å². The Labute approximate surface area is 154 Å². The van der Waals surface area contributed by atoms with Crippen molar-refractivity contribution >= 4 is 11.9 Å². The van der Waals surface area contributed by atoms with Crippen LogP contribution in [0.25, 0.3) is 0 Å². The highest BCUT2D eigenvalue weighted by Crippen LogP contribution is 2.38. The zero-order valence-electron chi connectivity index (χ0n) is 16.6. The number of ether oxygens (including phenoxy) is 4. The number of esters is 1. The molecule has 0 aromatic heterocycles. The molecule has 0 saturated carbocycles. The average Bonchev–Trinajstić information content (AvgIpc) is 2.59. The van der Waals surface area contributed by atoms with Crippen molar-refractivity contribution in [2.24, 2.45) is 4.99 Å². The van der Waals surface area contributed by atoms with E-state index in [-0.39, 0.29) is 12.5 Å². The van der Waals surface area contributed by atoms with E-state index in [2.05, 4.69) is 15.6 Å². The van der Waals surface area contributed by atoms with Crippen molar-refractivity contribution in [1.82, 2.24) is 10.6 Å². The normalized spacial score (nSPS) is 11.6. The molecule has 0 unspecified atom stereocenters. The summed E-state index contributed by atoms with van der Waals surface area (Å²) in [6.07, 6.45) is 0. The SMILES string of the molecule is CN=C(NCC(=O)OC(C)(C)C)NCc1cc(OC)c(OC)c(OC)c1. The van der Waals surface area contributed by atoms with Crippen LogP contribution in [-0.4, -0.2) is 52.5 Å². The van der Waals surface area contributed by atoms with Gasteiger partial charge in [0, 0.05) is 13.6 Å². The topological polar surface area (TPSA) is 90.4 Å². The van der Waals surface area contributed by atoms with E-state index in [1.54, 1.807) is 28.4 Å². The van der Waals surface area contributed by atoms with E-state index < -0.39 is 5.60 Å². The van der Waals surface area contributed by atoms with Gasteiger partial charge in [0.2, 0.25) is 5.75 Å². The van der Waals surface area contributed by atoms with Crippen LogP contribution >= 0.6 is 0 Å². The summed E-state index contributed by atoms with van der Waals surface area (Å²) in [5, 5.41) is 6.04. The highest BCUT2D eigenvalue weighted by molar-refractivity contribution is 5.84. The Morgan fingerprint density at radius 3 is 2.04 bits per heavy atom. The number of hydrogen-bond acceptors (Lipinski definition) is 6. The molecule has 146 valence electrons. The Balaban J connectivity index is 2.70. The van der Waals surface area contributed by atoms with E-state index in [0.29, 0.717) is 29.8 Å². The van der Waals surface area contributed by atoms with Crippen LogP contribution in [0.1, 0.15) is 26.3 Å². The van der Waals surface area contributed by atoms with Gasteiger partial charge in [-0.2, -0.15) is 0 Å². The molecule has 0 aliphatic heterocycles. The number of rotatable bonds is 7. The molecule has 0 heterocycles. The molecular formula is C18H29N3O5. The minimum absolute atomic E-state index is 0.0200. The van der Waals surface area contributed by atoms with Crippen molar-refractivity contribution in [3.05, 3.63) is 17.7 Å². The van der Waals surface area contributed by atoms with Crippen LogP contribution in [0, 0.1) is 0 Å². The van der Waals surface area contributed by atoms with Crippen molar-refractivity contribution in [1.29, 1.82) is 0 Å². The summed E-state index contributed by atoms with van der Waals surface area (Å²) in [4.78, 5) is 15.9. The lowest BCUT2D eigenvalue weighted by molar-refractivity contribution is -0.153.